The third-order valence-corrected chi connectivity index (χ3v) is 4.99. The zero-order valence-corrected chi connectivity index (χ0v) is 11.5. The third kappa shape index (κ3) is 1.72. The summed E-state index contributed by atoms with van der Waals surface area (Å²) in [6.45, 7) is 7.23. The van der Waals surface area contributed by atoms with E-state index in [1.807, 2.05) is 6.92 Å². The van der Waals surface area contributed by atoms with E-state index in [-0.39, 0.29) is 17.8 Å². The van der Waals surface area contributed by atoms with Crippen LogP contribution >= 0.6 is 0 Å². The summed E-state index contributed by atoms with van der Waals surface area (Å²) in [7, 11) is 0. The number of esters is 2. The van der Waals surface area contributed by atoms with Crippen LogP contribution < -0.4 is 0 Å². The minimum absolute atomic E-state index is 0.0213. The normalized spacial score (nSPS) is 42.9. The summed E-state index contributed by atoms with van der Waals surface area (Å²) in [4.78, 5) is 23.9. The van der Waals surface area contributed by atoms with Crippen molar-refractivity contribution in [3.8, 4) is 0 Å². The van der Waals surface area contributed by atoms with Crippen LogP contribution in [0.4, 0.5) is 0 Å². The molecule has 0 aromatic carbocycles. The van der Waals surface area contributed by atoms with Gasteiger partial charge in [-0.25, -0.2) is 4.79 Å². The van der Waals surface area contributed by atoms with Crippen LogP contribution in [-0.4, -0.2) is 17.7 Å². The first kappa shape index (κ1) is 12.7. The van der Waals surface area contributed by atoms with Crippen molar-refractivity contribution in [1.82, 2.24) is 0 Å². The van der Waals surface area contributed by atoms with Gasteiger partial charge in [0.05, 0.1) is 5.92 Å². The molecular formula is C15H20O4. The molecule has 3 fully saturated rings. The van der Waals surface area contributed by atoms with Crippen molar-refractivity contribution in [1.29, 1.82) is 0 Å². The van der Waals surface area contributed by atoms with Gasteiger partial charge < -0.3 is 9.47 Å². The Bertz CT molecular complexity index is 455. The standard InChI is InChI=1S/C15H20O4/c1-4-10-11-5-9-6-12(11)15(7-9,19-14(10)17)18-13(16)8(2)3/h9-12H,2,4-7H2,1,3H3. The van der Waals surface area contributed by atoms with E-state index in [0.29, 0.717) is 23.8 Å². The van der Waals surface area contributed by atoms with Gasteiger partial charge in [0, 0.05) is 17.9 Å². The molecule has 3 aliphatic rings. The quantitative estimate of drug-likeness (QED) is 0.580. The van der Waals surface area contributed by atoms with Gasteiger partial charge in [-0.1, -0.05) is 13.5 Å². The molecule has 2 saturated carbocycles. The Balaban J connectivity index is 1.88. The van der Waals surface area contributed by atoms with E-state index in [2.05, 4.69) is 6.58 Å². The van der Waals surface area contributed by atoms with E-state index in [0.717, 1.165) is 19.3 Å². The lowest BCUT2D eigenvalue weighted by Gasteiger charge is -2.46. The Hall–Kier alpha value is -1.32. The topological polar surface area (TPSA) is 52.6 Å². The molecule has 2 bridgehead atoms. The number of fused-ring (bicyclic) bond motifs is 1. The minimum atomic E-state index is -0.994. The van der Waals surface area contributed by atoms with Gasteiger partial charge in [-0.05, 0) is 38.0 Å². The molecule has 0 spiro atoms. The maximum Gasteiger partial charge on any atom is 0.336 e. The Morgan fingerprint density at radius 1 is 1.53 bits per heavy atom. The predicted molar refractivity (Wildman–Crippen MR) is 67.8 cm³/mol. The van der Waals surface area contributed by atoms with Crippen molar-refractivity contribution >= 4 is 11.9 Å². The zero-order chi connectivity index (χ0) is 13.8. The van der Waals surface area contributed by atoms with Crippen LogP contribution in [0.25, 0.3) is 0 Å². The largest absolute Gasteiger partial charge is 0.422 e. The molecule has 0 aromatic rings. The molecule has 1 heterocycles. The second-order valence-electron chi connectivity index (χ2n) is 6.23. The van der Waals surface area contributed by atoms with Crippen LogP contribution in [0.2, 0.25) is 0 Å². The summed E-state index contributed by atoms with van der Waals surface area (Å²) in [5.41, 5.74) is 0.349. The fourth-order valence-corrected chi connectivity index (χ4v) is 4.24. The highest BCUT2D eigenvalue weighted by Gasteiger charge is 2.66. The molecule has 104 valence electrons. The zero-order valence-electron chi connectivity index (χ0n) is 11.5. The molecule has 5 unspecified atom stereocenters. The van der Waals surface area contributed by atoms with Gasteiger partial charge >= 0.3 is 11.9 Å². The smallest absolute Gasteiger partial charge is 0.336 e. The lowest BCUT2D eigenvalue weighted by molar-refractivity contribution is -0.271. The van der Waals surface area contributed by atoms with Crippen molar-refractivity contribution in [3.05, 3.63) is 12.2 Å². The number of ether oxygens (including phenoxy) is 2. The van der Waals surface area contributed by atoms with Crippen LogP contribution in [0.15, 0.2) is 12.2 Å². The van der Waals surface area contributed by atoms with Gasteiger partial charge in [0.2, 0.25) is 0 Å². The lowest BCUT2D eigenvalue weighted by Crippen LogP contribution is -2.55. The van der Waals surface area contributed by atoms with E-state index >= 15 is 0 Å². The molecular weight excluding hydrogens is 244 g/mol. The number of hydrogen-bond acceptors (Lipinski definition) is 4. The van der Waals surface area contributed by atoms with Crippen molar-refractivity contribution in [2.45, 2.75) is 45.3 Å². The summed E-state index contributed by atoms with van der Waals surface area (Å²) in [5.74, 6) is -0.632. The summed E-state index contributed by atoms with van der Waals surface area (Å²) >= 11 is 0. The van der Waals surface area contributed by atoms with Crippen molar-refractivity contribution < 1.29 is 19.1 Å². The monoisotopic (exact) mass is 264 g/mol. The van der Waals surface area contributed by atoms with Crippen LogP contribution in [0.5, 0.6) is 0 Å². The highest BCUT2D eigenvalue weighted by Crippen LogP contribution is 2.61. The molecule has 0 radical (unpaired) electrons. The van der Waals surface area contributed by atoms with Crippen molar-refractivity contribution in [2.75, 3.05) is 0 Å². The minimum Gasteiger partial charge on any atom is -0.422 e. The van der Waals surface area contributed by atoms with Crippen LogP contribution in [-0.2, 0) is 19.1 Å². The van der Waals surface area contributed by atoms with Gasteiger partial charge in [-0.2, -0.15) is 0 Å². The molecule has 3 rings (SSSR count). The average Bonchev–Trinajstić information content (AvgIpc) is 2.86. The van der Waals surface area contributed by atoms with Crippen LogP contribution in [0.3, 0.4) is 0 Å². The molecule has 5 atom stereocenters. The molecule has 2 aliphatic carbocycles. The molecule has 1 aliphatic heterocycles. The molecule has 19 heavy (non-hydrogen) atoms. The molecule has 0 amide bonds. The number of carbonyl (C=O) groups is 2. The second kappa shape index (κ2) is 4.09. The second-order valence-corrected chi connectivity index (χ2v) is 6.23. The lowest BCUT2D eigenvalue weighted by atomic mass is 9.73. The van der Waals surface area contributed by atoms with Crippen molar-refractivity contribution in [2.24, 2.45) is 23.7 Å². The predicted octanol–water partition coefficient (Wildman–Crippen LogP) is 2.43. The van der Waals surface area contributed by atoms with Gasteiger partial charge in [0.25, 0.3) is 5.79 Å². The third-order valence-electron chi connectivity index (χ3n) is 4.99. The van der Waals surface area contributed by atoms with Gasteiger partial charge in [0.15, 0.2) is 0 Å². The van der Waals surface area contributed by atoms with E-state index in [1.165, 1.54) is 0 Å². The Labute approximate surface area is 113 Å². The highest BCUT2D eigenvalue weighted by atomic mass is 16.7. The molecule has 0 aromatic heterocycles. The first-order valence-electron chi connectivity index (χ1n) is 7.08. The maximum atomic E-state index is 12.1. The Morgan fingerprint density at radius 2 is 2.26 bits per heavy atom. The number of carbonyl (C=O) groups excluding carboxylic acids is 2. The summed E-state index contributed by atoms with van der Waals surface area (Å²) < 4.78 is 11.1. The van der Waals surface area contributed by atoms with E-state index in [1.54, 1.807) is 6.92 Å². The first-order valence-corrected chi connectivity index (χ1v) is 7.08. The number of hydrogen-bond donors (Lipinski definition) is 0. The SMILES string of the molecule is C=C(C)C(=O)OC12CC3CC(C(CC)C(=O)O1)C2C3. The molecule has 4 nitrogen and oxygen atoms in total. The van der Waals surface area contributed by atoms with E-state index < -0.39 is 11.8 Å². The first-order chi connectivity index (χ1) is 8.97. The summed E-state index contributed by atoms with van der Waals surface area (Å²) in [6.07, 6.45) is 3.55. The van der Waals surface area contributed by atoms with Crippen molar-refractivity contribution in [3.63, 3.8) is 0 Å². The summed E-state index contributed by atoms with van der Waals surface area (Å²) in [6, 6.07) is 0. The fourth-order valence-electron chi connectivity index (χ4n) is 4.24. The molecule has 1 saturated heterocycles. The maximum absolute atomic E-state index is 12.1. The van der Waals surface area contributed by atoms with Gasteiger partial charge in [-0.15, -0.1) is 0 Å². The number of rotatable bonds is 3. The van der Waals surface area contributed by atoms with Gasteiger partial charge in [-0.3, -0.25) is 4.79 Å². The molecule has 0 N–H and O–H groups in total. The van der Waals surface area contributed by atoms with Gasteiger partial charge in [0.1, 0.15) is 0 Å². The fraction of sp³-hybridized carbons (Fsp3) is 0.733. The van der Waals surface area contributed by atoms with E-state index in [4.69, 9.17) is 9.47 Å². The van der Waals surface area contributed by atoms with Crippen LogP contribution in [0, 0.1) is 23.7 Å². The molecule has 4 heteroatoms. The van der Waals surface area contributed by atoms with Crippen LogP contribution in [0.1, 0.15) is 39.5 Å². The average molecular weight is 264 g/mol. The Morgan fingerprint density at radius 3 is 2.84 bits per heavy atom. The summed E-state index contributed by atoms with van der Waals surface area (Å²) in [5, 5.41) is 0. The Kier molecular flexibility index (Phi) is 2.73. The highest BCUT2D eigenvalue weighted by molar-refractivity contribution is 5.87. The van der Waals surface area contributed by atoms with E-state index in [9.17, 15) is 9.59 Å².